The van der Waals surface area contributed by atoms with Gasteiger partial charge in [-0.25, -0.2) is 9.97 Å². The van der Waals surface area contributed by atoms with Crippen molar-refractivity contribution in [3.63, 3.8) is 0 Å². The maximum Gasteiger partial charge on any atom is 0.353 e. The second-order valence-electron chi connectivity index (χ2n) is 5.17. The third-order valence-corrected chi connectivity index (χ3v) is 3.62. The molecule has 1 fully saturated rings. The van der Waals surface area contributed by atoms with Crippen LogP contribution in [0.2, 0.25) is 0 Å². The van der Waals surface area contributed by atoms with E-state index in [9.17, 15) is 10.1 Å². The topological polar surface area (TPSA) is 93.0 Å². The van der Waals surface area contributed by atoms with Crippen molar-refractivity contribution < 1.29 is 4.92 Å². The van der Waals surface area contributed by atoms with Crippen LogP contribution < -0.4 is 10.6 Å². The zero-order valence-electron chi connectivity index (χ0n) is 11.3. The first kappa shape index (κ1) is 13.5. The van der Waals surface area contributed by atoms with Crippen molar-refractivity contribution in [1.82, 2.24) is 9.97 Å². The van der Waals surface area contributed by atoms with Crippen LogP contribution in [-0.4, -0.2) is 27.5 Å². The molecule has 1 aliphatic carbocycles. The molecule has 2 N–H and O–H groups in total. The molecule has 1 aromatic heterocycles. The molecule has 0 aromatic carbocycles. The smallest absolute Gasteiger partial charge is 0.353 e. The summed E-state index contributed by atoms with van der Waals surface area (Å²) in [7, 11) is 1.61. The van der Waals surface area contributed by atoms with Crippen molar-refractivity contribution in [3.05, 3.63) is 16.4 Å². The standard InChI is InChI=1S/C12H19N5O2/c1-12(6-4-3-5-7-12)16-11-9(17(18)19)10(13-2)14-8-15-11/h8H,3-7H2,1-2H3,(H2,13,14,15,16). The normalized spacial score (nSPS) is 17.8. The average molecular weight is 265 g/mol. The Morgan fingerprint density at radius 2 is 1.89 bits per heavy atom. The molecule has 0 bridgehead atoms. The first-order valence-electron chi connectivity index (χ1n) is 6.51. The molecule has 0 atom stereocenters. The second kappa shape index (κ2) is 5.38. The Hall–Kier alpha value is -1.92. The molecular weight excluding hydrogens is 246 g/mol. The summed E-state index contributed by atoms with van der Waals surface area (Å²) in [5.41, 5.74) is -0.209. The van der Waals surface area contributed by atoms with Crippen LogP contribution in [0.4, 0.5) is 17.3 Å². The number of rotatable bonds is 4. The van der Waals surface area contributed by atoms with Crippen molar-refractivity contribution >= 4 is 17.3 Å². The van der Waals surface area contributed by atoms with E-state index < -0.39 is 4.92 Å². The van der Waals surface area contributed by atoms with E-state index in [0.717, 1.165) is 25.7 Å². The molecule has 2 rings (SSSR count). The quantitative estimate of drug-likeness (QED) is 0.642. The fourth-order valence-electron chi connectivity index (χ4n) is 2.57. The van der Waals surface area contributed by atoms with Gasteiger partial charge >= 0.3 is 5.69 Å². The van der Waals surface area contributed by atoms with Gasteiger partial charge in [-0.05, 0) is 19.8 Å². The van der Waals surface area contributed by atoms with E-state index in [1.54, 1.807) is 7.05 Å². The van der Waals surface area contributed by atoms with Gasteiger partial charge in [0.2, 0.25) is 11.6 Å². The SMILES string of the molecule is CNc1ncnc(NC2(C)CCCCC2)c1[N+](=O)[O-]. The van der Waals surface area contributed by atoms with Gasteiger partial charge in [-0.2, -0.15) is 0 Å². The fourth-order valence-corrected chi connectivity index (χ4v) is 2.57. The largest absolute Gasteiger partial charge is 0.367 e. The lowest BCUT2D eigenvalue weighted by molar-refractivity contribution is -0.383. The summed E-state index contributed by atoms with van der Waals surface area (Å²) >= 11 is 0. The van der Waals surface area contributed by atoms with E-state index in [0.29, 0.717) is 5.82 Å². The summed E-state index contributed by atoms with van der Waals surface area (Å²) < 4.78 is 0. The van der Waals surface area contributed by atoms with E-state index >= 15 is 0 Å². The Morgan fingerprint density at radius 3 is 2.47 bits per heavy atom. The zero-order chi connectivity index (χ0) is 13.9. The molecule has 104 valence electrons. The van der Waals surface area contributed by atoms with Gasteiger partial charge in [0.15, 0.2) is 0 Å². The van der Waals surface area contributed by atoms with E-state index in [-0.39, 0.29) is 17.0 Å². The van der Waals surface area contributed by atoms with Gasteiger partial charge in [0.25, 0.3) is 0 Å². The van der Waals surface area contributed by atoms with Crippen molar-refractivity contribution in [2.75, 3.05) is 17.7 Å². The molecule has 0 saturated heterocycles. The molecular formula is C12H19N5O2. The number of nitrogens with zero attached hydrogens (tertiary/aromatic N) is 3. The second-order valence-corrected chi connectivity index (χ2v) is 5.17. The molecule has 0 radical (unpaired) electrons. The summed E-state index contributed by atoms with van der Waals surface area (Å²) in [4.78, 5) is 18.7. The van der Waals surface area contributed by atoms with Crippen LogP contribution in [-0.2, 0) is 0 Å². The molecule has 1 aromatic rings. The molecule has 0 unspecified atom stereocenters. The summed E-state index contributed by atoms with van der Waals surface area (Å²) in [6.45, 7) is 2.09. The predicted molar refractivity (Wildman–Crippen MR) is 73.3 cm³/mol. The highest BCUT2D eigenvalue weighted by molar-refractivity contribution is 5.69. The lowest BCUT2D eigenvalue weighted by Gasteiger charge is -2.34. The highest BCUT2D eigenvalue weighted by Crippen LogP contribution is 2.35. The van der Waals surface area contributed by atoms with Gasteiger partial charge in [-0.3, -0.25) is 10.1 Å². The molecule has 0 spiro atoms. The van der Waals surface area contributed by atoms with E-state index in [1.165, 1.54) is 12.7 Å². The molecule has 0 aliphatic heterocycles. The molecule has 1 saturated carbocycles. The number of nitro groups is 1. The van der Waals surface area contributed by atoms with Gasteiger partial charge < -0.3 is 10.6 Å². The molecule has 19 heavy (non-hydrogen) atoms. The van der Waals surface area contributed by atoms with Crippen molar-refractivity contribution in [3.8, 4) is 0 Å². The number of aromatic nitrogens is 2. The molecule has 7 nitrogen and oxygen atoms in total. The Labute approximate surface area is 112 Å². The lowest BCUT2D eigenvalue weighted by atomic mass is 9.83. The first-order chi connectivity index (χ1) is 9.06. The highest BCUT2D eigenvalue weighted by atomic mass is 16.6. The van der Waals surface area contributed by atoms with E-state index in [2.05, 4.69) is 27.5 Å². The summed E-state index contributed by atoms with van der Waals surface area (Å²) in [5.74, 6) is 0.538. The van der Waals surface area contributed by atoms with Crippen LogP contribution in [0.3, 0.4) is 0 Å². The first-order valence-corrected chi connectivity index (χ1v) is 6.51. The maximum absolute atomic E-state index is 11.2. The molecule has 7 heteroatoms. The van der Waals surface area contributed by atoms with Crippen molar-refractivity contribution in [2.24, 2.45) is 0 Å². The minimum atomic E-state index is -0.444. The Morgan fingerprint density at radius 1 is 1.26 bits per heavy atom. The van der Waals surface area contributed by atoms with Crippen LogP contribution in [0, 0.1) is 10.1 Å². The summed E-state index contributed by atoms with van der Waals surface area (Å²) in [6.07, 6.45) is 6.85. The highest BCUT2D eigenvalue weighted by Gasteiger charge is 2.31. The summed E-state index contributed by atoms with van der Waals surface area (Å²) in [5, 5.41) is 17.2. The van der Waals surface area contributed by atoms with Gasteiger partial charge in [0, 0.05) is 12.6 Å². The number of hydrogen-bond donors (Lipinski definition) is 2. The predicted octanol–water partition coefficient (Wildman–Crippen LogP) is 2.56. The van der Waals surface area contributed by atoms with Crippen LogP contribution in [0.15, 0.2) is 6.33 Å². The summed E-state index contributed by atoms with van der Waals surface area (Å²) in [6, 6.07) is 0. The van der Waals surface area contributed by atoms with Crippen molar-refractivity contribution in [2.45, 2.75) is 44.6 Å². The number of nitrogens with one attached hydrogen (secondary N) is 2. The minimum Gasteiger partial charge on any atom is -0.367 e. The maximum atomic E-state index is 11.2. The Kier molecular flexibility index (Phi) is 3.82. The van der Waals surface area contributed by atoms with Gasteiger partial charge in [0.1, 0.15) is 6.33 Å². The van der Waals surface area contributed by atoms with E-state index in [4.69, 9.17) is 0 Å². The average Bonchev–Trinajstić information content (AvgIpc) is 2.38. The fraction of sp³-hybridized carbons (Fsp3) is 0.667. The van der Waals surface area contributed by atoms with Crippen LogP contribution in [0.25, 0.3) is 0 Å². The third kappa shape index (κ3) is 2.91. The van der Waals surface area contributed by atoms with Crippen LogP contribution >= 0.6 is 0 Å². The van der Waals surface area contributed by atoms with Gasteiger partial charge in [-0.15, -0.1) is 0 Å². The van der Waals surface area contributed by atoms with Crippen LogP contribution in [0.5, 0.6) is 0 Å². The lowest BCUT2D eigenvalue weighted by Crippen LogP contribution is -2.37. The Bertz CT molecular complexity index is 471. The Balaban J connectivity index is 2.31. The third-order valence-electron chi connectivity index (χ3n) is 3.62. The molecule has 1 aliphatic rings. The van der Waals surface area contributed by atoms with E-state index in [1.807, 2.05) is 0 Å². The number of anilines is 2. The van der Waals surface area contributed by atoms with Crippen LogP contribution in [0.1, 0.15) is 39.0 Å². The zero-order valence-corrected chi connectivity index (χ0v) is 11.3. The van der Waals surface area contributed by atoms with Gasteiger partial charge in [-0.1, -0.05) is 19.3 Å². The monoisotopic (exact) mass is 265 g/mol. The van der Waals surface area contributed by atoms with Crippen molar-refractivity contribution in [1.29, 1.82) is 0 Å². The number of hydrogen-bond acceptors (Lipinski definition) is 6. The minimum absolute atomic E-state index is 0.0863. The molecule has 1 heterocycles. The van der Waals surface area contributed by atoms with Gasteiger partial charge in [0.05, 0.1) is 4.92 Å². The molecule has 0 amide bonds.